The van der Waals surface area contributed by atoms with E-state index in [0.717, 1.165) is 22.3 Å². The van der Waals surface area contributed by atoms with Gasteiger partial charge in [-0.1, -0.05) is 40.9 Å². The van der Waals surface area contributed by atoms with Crippen molar-refractivity contribution in [2.24, 2.45) is 0 Å². The SMILES string of the molecule is CC(C)=CC(=O)Nc1c(-c2ccc(Cl)c(Cl)c2)nc2c(C)cccn12. The molecule has 2 aromatic heterocycles. The number of fused-ring (bicyclic) bond motifs is 1. The van der Waals surface area contributed by atoms with Crippen LogP contribution in [-0.2, 0) is 4.79 Å². The number of amides is 1. The molecule has 0 aliphatic carbocycles. The summed E-state index contributed by atoms with van der Waals surface area (Å²) >= 11 is 12.2. The molecular formula is C19H17Cl2N3O. The number of nitrogens with zero attached hydrogens (tertiary/aromatic N) is 2. The Morgan fingerprint density at radius 2 is 1.96 bits per heavy atom. The van der Waals surface area contributed by atoms with E-state index in [9.17, 15) is 4.79 Å². The van der Waals surface area contributed by atoms with E-state index in [-0.39, 0.29) is 5.91 Å². The van der Waals surface area contributed by atoms with E-state index in [0.29, 0.717) is 21.6 Å². The molecule has 3 aromatic rings. The van der Waals surface area contributed by atoms with Crippen molar-refractivity contribution in [1.82, 2.24) is 9.38 Å². The molecule has 0 aliphatic rings. The lowest BCUT2D eigenvalue weighted by molar-refractivity contribution is -0.112. The zero-order valence-electron chi connectivity index (χ0n) is 14.1. The number of anilines is 1. The standard InChI is InChI=1S/C19H17Cl2N3O/c1-11(2)9-16(25)22-19-17(13-6-7-14(20)15(21)10-13)23-18-12(3)5-4-8-24(18)19/h4-10H,1-3H3,(H,22,25). The largest absolute Gasteiger partial charge is 0.306 e. The lowest BCUT2D eigenvalue weighted by Crippen LogP contribution is -2.11. The molecule has 0 spiro atoms. The van der Waals surface area contributed by atoms with Crippen molar-refractivity contribution >= 4 is 40.6 Å². The van der Waals surface area contributed by atoms with Crippen LogP contribution < -0.4 is 5.32 Å². The normalized spacial score (nSPS) is 10.8. The van der Waals surface area contributed by atoms with Crippen LogP contribution in [0.1, 0.15) is 19.4 Å². The Morgan fingerprint density at radius 1 is 1.20 bits per heavy atom. The maximum atomic E-state index is 12.3. The molecule has 0 fully saturated rings. The van der Waals surface area contributed by atoms with Gasteiger partial charge in [-0.25, -0.2) is 4.98 Å². The molecule has 6 heteroatoms. The molecule has 4 nitrogen and oxygen atoms in total. The van der Waals surface area contributed by atoms with Crippen molar-refractivity contribution in [1.29, 1.82) is 0 Å². The highest BCUT2D eigenvalue weighted by Gasteiger charge is 2.17. The van der Waals surface area contributed by atoms with Gasteiger partial charge in [0.2, 0.25) is 5.91 Å². The molecule has 0 unspecified atom stereocenters. The van der Waals surface area contributed by atoms with Gasteiger partial charge in [0.15, 0.2) is 0 Å². The van der Waals surface area contributed by atoms with Gasteiger partial charge in [0.25, 0.3) is 0 Å². The topological polar surface area (TPSA) is 46.4 Å². The second-order valence-electron chi connectivity index (χ2n) is 6.03. The molecule has 0 atom stereocenters. The summed E-state index contributed by atoms with van der Waals surface area (Å²) in [5, 5.41) is 3.85. The monoisotopic (exact) mass is 373 g/mol. The first kappa shape index (κ1) is 17.5. The third kappa shape index (κ3) is 3.55. The van der Waals surface area contributed by atoms with E-state index >= 15 is 0 Å². The number of rotatable bonds is 3. The first-order chi connectivity index (χ1) is 11.9. The van der Waals surface area contributed by atoms with Gasteiger partial charge < -0.3 is 5.32 Å². The van der Waals surface area contributed by atoms with Crippen LogP contribution in [0.3, 0.4) is 0 Å². The van der Waals surface area contributed by atoms with E-state index in [1.165, 1.54) is 0 Å². The molecule has 1 N–H and O–H groups in total. The van der Waals surface area contributed by atoms with Gasteiger partial charge in [0, 0.05) is 17.8 Å². The van der Waals surface area contributed by atoms with Crippen LogP contribution in [0.5, 0.6) is 0 Å². The van der Waals surface area contributed by atoms with Crippen molar-refractivity contribution in [2.45, 2.75) is 20.8 Å². The summed E-state index contributed by atoms with van der Waals surface area (Å²) in [6.45, 7) is 5.72. The van der Waals surface area contributed by atoms with E-state index in [4.69, 9.17) is 28.2 Å². The average Bonchev–Trinajstić information content (AvgIpc) is 2.89. The van der Waals surface area contributed by atoms with E-state index < -0.39 is 0 Å². The number of benzene rings is 1. The molecule has 0 radical (unpaired) electrons. The highest BCUT2D eigenvalue weighted by Crippen LogP contribution is 2.33. The number of pyridine rings is 1. The zero-order chi connectivity index (χ0) is 18.1. The minimum absolute atomic E-state index is 0.204. The maximum Gasteiger partial charge on any atom is 0.249 e. The van der Waals surface area contributed by atoms with Gasteiger partial charge in [-0.3, -0.25) is 9.20 Å². The van der Waals surface area contributed by atoms with Crippen molar-refractivity contribution in [3.05, 3.63) is 63.8 Å². The molecule has 0 bridgehead atoms. The van der Waals surface area contributed by atoms with Crippen molar-refractivity contribution in [3.63, 3.8) is 0 Å². The number of halogens is 2. The lowest BCUT2D eigenvalue weighted by Gasteiger charge is -2.07. The second-order valence-corrected chi connectivity index (χ2v) is 6.85. The third-order valence-corrected chi connectivity index (χ3v) is 4.44. The number of carbonyl (C=O) groups excluding carboxylic acids is 1. The molecule has 2 heterocycles. The van der Waals surface area contributed by atoms with Crippen LogP contribution in [0.15, 0.2) is 48.2 Å². The van der Waals surface area contributed by atoms with Crippen LogP contribution in [0.2, 0.25) is 10.0 Å². The minimum atomic E-state index is -0.204. The summed E-state index contributed by atoms with van der Waals surface area (Å²) in [6.07, 6.45) is 3.42. The minimum Gasteiger partial charge on any atom is -0.306 e. The molecule has 128 valence electrons. The van der Waals surface area contributed by atoms with Gasteiger partial charge in [0.1, 0.15) is 17.2 Å². The quantitative estimate of drug-likeness (QED) is 0.614. The number of hydrogen-bond donors (Lipinski definition) is 1. The predicted octanol–water partition coefficient (Wildman–Crippen LogP) is 5.52. The van der Waals surface area contributed by atoms with Gasteiger partial charge >= 0.3 is 0 Å². The Hall–Kier alpha value is -2.30. The Kier molecular flexibility index (Phi) is 4.84. The van der Waals surface area contributed by atoms with Crippen LogP contribution in [0.4, 0.5) is 5.82 Å². The number of hydrogen-bond acceptors (Lipinski definition) is 2. The first-order valence-electron chi connectivity index (χ1n) is 7.76. The summed E-state index contributed by atoms with van der Waals surface area (Å²) in [4.78, 5) is 17.0. The Labute approximate surface area is 156 Å². The maximum absolute atomic E-state index is 12.3. The fourth-order valence-electron chi connectivity index (χ4n) is 2.58. The molecule has 25 heavy (non-hydrogen) atoms. The number of nitrogens with one attached hydrogen (secondary N) is 1. The van der Waals surface area contributed by atoms with Crippen molar-refractivity contribution < 1.29 is 4.79 Å². The summed E-state index contributed by atoms with van der Waals surface area (Å²) in [5.41, 5.74) is 4.12. The van der Waals surface area contributed by atoms with Crippen molar-refractivity contribution in [3.8, 4) is 11.3 Å². The number of imidazole rings is 1. The Bertz CT molecular complexity index is 1000. The summed E-state index contributed by atoms with van der Waals surface area (Å²) in [7, 11) is 0. The van der Waals surface area contributed by atoms with Crippen LogP contribution >= 0.6 is 23.2 Å². The lowest BCUT2D eigenvalue weighted by atomic mass is 10.1. The van der Waals surface area contributed by atoms with Gasteiger partial charge in [-0.2, -0.15) is 0 Å². The zero-order valence-corrected chi connectivity index (χ0v) is 15.6. The highest BCUT2D eigenvalue weighted by atomic mass is 35.5. The summed E-state index contributed by atoms with van der Waals surface area (Å²) in [5.74, 6) is 0.393. The van der Waals surface area contributed by atoms with E-state index in [1.807, 2.05) is 49.6 Å². The third-order valence-electron chi connectivity index (χ3n) is 3.70. The molecule has 1 aromatic carbocycles. The molecule has 0 saturated heterocycles. The number of allylic oxidation sites excluding steroid dienone is 1. The molecule has 0 saturated carbocycles. The highest BCUT2D eigenvalue weighted by molar-refractivity contribution is 6.42. The van der Waals surface area contributed by atoms with Crippen LogP contribution in [0, 0.1) is 6.92 Å². The molecule has 1 amide bonds. The summed E-state index contributed by atoms with van der Waals surface area (Å²) in [6, 6.07) is 9.19. The van der Waals surface area contributed by atoms with Crippen molar-refractivity contribution in [2.75, 3.05) is 5.32 Å². The van der Waals surface area contributed by atoms with E-state index in [2.05, 4.69) is 5.32 Å². The molecule has 0 aliphatic heterocycles. The fourth-order valence-corrected chi connectivity index (χ4v) is 2.88. The Balaban J connectivity index is 2.21. The first-order valence-corrected chi connectivity index (χ1v) is 8.51. The number of carbonyl (C=O) groups is 1. The van der Waals surface area contributed by atoms with Gasteiger partial charge in [-0.05, 0) is 44.5 Å². The molecular weight excluding hydrogens is 357 g/mol. The summed E-state index contributed by atoms with van der Waals surface area (Å²) < 4.78 is 1.86. The van der Waals surface area contributed by atoms with Gasteiger partial charge in [-0.15, -0.1) is 0 Å². The van der Waals surface area contributed by atoms with E-state index in [1.54, 1.807) is 18.2 Å². The van der Waals surface area contributed by atoms with Crippen LogP contribution in [-0.4, -0.2) is 15.3 Å². The smallest absolute Gasteiger partial charge is 0.249 e. The average molecular weight is 374 g/mol. The fraction of sp³-hybridized carbons (Fsp3) is 0.158. The molecule has 3 rings (SSSR count). The van der Waals surface area contributed by atoms with Crippen LogP contribution in [0.25, 0.3) is 16.9 Å². The predicted molar refractivity (Wildman–Crippen MR) is 103 cm³/mol. The number of aromatic nitrogens is 2. The van der Waals surface area contributed by atoms with Gasteiger partial charge in [0.05, 0.1) is 10.0 Å². The Morgan fingerprint density at radius 3 is 2.64 bits per heavy atom. The second kappa shape index (κ2) is 6.90. The number of aryl methyl sites for hydroxylation is 1.